The van der Waals surface area contributed by atoms with Gasteiger partial charge in [0, 0.05) is 23.5 Å². The van der Waals surface area contributed by atoms with Gasteiger partial charge in [-0.15, -0.1) is 5.56 Å². The molecule has 0 spiro atoms. The van der Waals surface area contributed by atoms with Gasteiger partial charge in [0.25, 0.3) is 0 Å². The third-order valence-corrected chi connectivity index (χ3v) is 1.67. The van der Waals surface area contributed by atoms with Gasteiger partial charge in [0.05, 0.1) is 0 Å². The monoisotopic (exact) mass is 243 g/mol. The molecule has 0 aliphatic rings. The molecule has 2 nitrogen and oxygen atoms in total. The molecule has 0 aromatic heterocycles. The molecule has 0 heterocycles. The Bertz CT molecular complexity index is 320. The second kappa shape index (κ2) is 8.04. The number of hydrogen-bond acceptors (Lipinski definition) is 1. The Hall–Kier alpha value is -1.31. The average molecular weight is 243 g/mol. The van der Waals surface area contributed by atoms with Crippen LogP contribution in [-0.2, 0) is 28.3 Å². The molecule has 1 amide bonds. The summed E-state index contributed by atoms with van der Waals surface area (Å²) in [6.07, 6.45) is 0.354. The molecule has 3 heteroatoms. The summed E-state index contributed by atoms with van der Waals surface area (Å²) in [4.78, 5) is 10.3. The zero-order chi connectivity index (χ0) is 10.2. The van der Waals surface area contributed by atoms with E-state index < -0.39 is 0 Å². The van der Waals surface area contributed by atoms with Crippen LogP contribution in [0.25, 0.3) is 0 Å². The Labute approximate surface area is 100 Å². The van der Waals surface area contributed by atoms with Crippen LogP contribution in [0.2, 0.25) is 0 Å². The van der Waals surface area contributed by atoms with Crippen LogP contribution in [0.3, 0.4) is 0 Å². The van der Waals surface area contributed by atoms with Gasteiger partial charge in [-0.2, -0.15) is 12.1 Å². The number of amides is 1. The predicted octanol–water partition coefficient (Wildman–Crippen LogP) is 1.84. The minimum absolute atomic E-state index is 0. The SMILES string of the molecule is NC(=O)C[c-]1cccc1.[Fe].[cH-]1[cH-][cH-][cH-][cH-]1. The first-order valence-corrected chi connectivity index (χ1v) is 4.44. The van der Waals surface area contributed by atoms with Gasteiger partial charge in [0.2, 0.25) is 5.91 Å². The molecule has 0 saturated heterocycles. The summed E-state index contributed by atoms with van der Waals surface area (Å²) in [6, 6.07) is 17.5. The maximum atomic E-state index is 10.3. The fraction of sp³-hybridized carbons (Fsp3) is 0.0833. The smallest absolute Gasteiger partial charge is 0.210 e. The Morgan fingerprint density at radius 2 is 1.47 bits per heavy atom. The van der Waals surface area contributed by atoms with Gasteiger partial charge >= 0.3 is 0 Å². The van der Waals surface area contributed by atoms with Gasteiger partial charge in [0.1, 0.15) is 0 Å². The molecule has 0 atom stereocenters. The van der Waals surface area contributed by atoms with Gasteiger partial charge in [-0.1, -0.05) is 0 Å². The van der Waals surface area contributed by atoms with Crippen molar-refractivity contribution in [3.63, 3.8) is 0 Å². The summed E-state index contributed by atoms with van der Waals surface area (Å²) < 4.78 is 0. The van der Waals surface area contributed by atoms with Crippen molar-refractivity contribution in [2.24, 2.45) is 5.73 Å². The zero-order valence-corrected chi connectivity index (χ0v) is 9.35. The van der Waals surface area contributed by atoms with Crippen LogP contribution in [0, 0.1) is 0 Å². The molecule has 2 N–H and O–H groups in total. The van der Waals surface area contributed by atoms with Crippen LogP contribution in [0.15, 0.2) is 54.6 Å². The summed E-state index contributed by atoms with van der Waals surface area (Å²) in [5, 5.41) is 0. The van der Waals surface area contributed by atoms with E-state index >= 15 is 0 Å². The number of hydrogen-bond donors (Lipinski definition) is 1. The van der Waals surface area contributed by atoms with E-state index in [1.54, 1.807) is 0 Å². The Balaban J connectivity index is 0.000000280. The fourth-order valence-electron chi connectivity index (χ4n) is 1.05. The molecule has 0 aliphatic carbocycles. The van der Waals surface area contributed by atoms with E-state index in [0.29, 0.717) is 6.42 Å². The van der Waals surface area contributed by atoms with Crippen LogP contribution in [-0.4, -0.2) is 5.91 Å². The van der Waals surface area contributed by atoms with Gasteiger partial charge in [0.15, 0.2) is 0 Å². The van der Waals surface area contributed by atoms with Crippen LogP contribution < -0.4 is 5.73 Å². The number of carbonyl (C=O) groups is 1. The first-order valence-electron chi connectivity index (χ1n) is 4.44. The number of carbonyl (C=O) groups excluding carboxylic acids is 1. The van der Waals surface area contributed by atoms with Crippen LogP contribution in [0.5, 0.6) is 0 Å². The molecular formula is C12H13FeNO-6. The minimum Gasteiger partial charge on any atom is -0.748 e. The summed E-state index contributed by atoms with van der Waals surface area (Å²) in [6.45, 7) is 0. The quantitative estimate of drug-likeness (QED) is 0.634. The summed E-state index contributed by atoms with van der Waals surface area (Å²) in [7, 11) is 0. The van der Waals surface area contributed by atoms with Crippen molar-refractivity contribution < 1.29 is 21.9 Å². The van der Waals surface area contributed by atoms with E-state index in [9.17, 15) is 4.79 Å². The van der Waals surface area contributed by atoms with Crippen molar-refractivity contribution in [1.29, 1.82) is 0 Å². The van der Waals surface area contributed by atoms with E-state index in [1.807, 2.05) is 54.6 Å². The molecule has 0 aliphatic heterocycles. The van der Waals surface area contributed by atoms with E-state index in [4.69, 9.17) is 5.73 Å². The third-order valence-electron chi connectivity index (χ3n) is 1.67. The fourth-order valence-corrected chi connectivity index (χ4v) is 1.05. The molecule has 2 aromatic carbocycles. The molecule has 2 aromatic rings. The first kappa shape index (κ1) is 13.7. The maximum Gasteiger partial charge on any atom is 0.210 e. The first-order chi connectivity index (χ1) is 6.79. The maximum absolute atomic E-state index is 10.3. The molecule has 0 fully saturated rings. The van der Waals surface area contributed by atoms with Crippen molar-refractivity contribution in [2.45, 2.75) is 6.42 Å². The second-order valence-electron chi connectivity index (χ2n) is 2.90. The molecule has 0 unspecified atom stereocenters. The normalized spacial score (nSPS) is 8.27. The largest absolute Gasteiger partial charge is 0.748 e. The molecular weight excluding hydrogens is 230 g/mol. The van der Waals surface area contributed by atoms with Gasteiger partial charge in [-0.3, -0.25) is 4.79 Å². The van der Waals surface area contributed by atoms with Crippen molar-refractivity contribution >= 4 is 5.91 Å². The minimum atomic E-state index is -0.277. The average Bonchev–Trinajstić information content (AvgIpc) is 2.75. The van der Waals surface area contributed by atoms with Crippen LogP contribution in [0.4, 0.5) is 0 Å². The molecule has 0 bridgehead atoms. The van der Waals surface area contributed by atoms with E-state index in [2.05, 4.69) is 0 Å². The number of nitrogens with two attached hydrogens (primary N) is 1. The van der Waals surface area contributed by atoms with Gasteiger partial charge < -0.3 is 36.1 Å². The van der Waals surface area contributed by atoms with Crippen molar-refractivity contribution in [2.75, 3.05) is 0 Å². The molecule has 0 radical (unpaired) electrons. The Morgan fingerprint density at radius 3 is 1.80 bits per heavy atom. The van der Waals surface area contributed by atoms with Gasteiger partial charge in [-0.25, -0.2) is 12.1 Å². The van der Waals surface area contributed by atoms with E-state index in [-0.39, 0.29) is 23.0 Å². The summed E-state index contributed by atoms with van der Waals surface area (Å²) in [5.41, 5.74) is 5.93. The van der Waals surface area contributed by atoms with E-state index in [0.717, 1.165) is 5.56 Å². The molecule has 0 saturated carbocycles. The standard InChI is InChI=1S/C7H8NO.C5H5.Fe/c8-7(9)5-6-3-1-2-4-6;1-2-4-5-3-1;/h1-4H,5H2,(H2,8,9);1-5H;/q-1;-5;. The predicted molar refractivity (Wildman–Crippen MR) is 57.0 cm³/mol. The topological polar surface area (TPSA) is 43.1 Å². The zero-order valence-electron chi connectivity index (χ0n) is 8.24. The Kier molecular flexibility index (Phi) is 7.33. The van der Waals surface area contributed by atoms with Crippen molar-refractivity contribution in [3.8, 4) is 0 Å². The molecule has 15 heavy (non-hydrogen) atoms. The van der Waals surface area contributed by atoms with Crippen LogP contribution in [0.1, 0.15) is 5.56 Å². The Morgan fingerprint density at radius 1 is 1.07 bits per heavy atom. The summed E-state index contributed by atoms with van der Waals surface area (Å²) >= 11 is 0. The number of primary amides is 1. The van der Waals surface area contributed by atoms with Gasteiger partial charge in [-0.05, 0) is 0 Å². The third kappa shape index (κ3) is 6.72. The molecule has 2 rings (SSSR count). The molecule has 86 valence electrons. The second-order valence-corrected chi connectivity index (χ2v) is 2.90. The summed E-state index contributed by atoms with van der Waals surface area (Å²) in [5.74, 6) is -0.277. The van der Waals surface area contributed by atoms with Crippen LogP contribution >= 0.6 is 0 Å². The number of rotatable bonds is 2. The van der Waals surface area contributed by atoms with Crippen molar-refractivity contribution in [3.05, 3.63) is 60.2 Å². The van der Waals surface area contributed by atoms with E-state index in [1.165, 1.54) is 0 Å². The van der Waals surface area contributed by atoms with Crippen molar-refractivity contribution in [1.82, 2.24) is 0 Å².